The lowest BCUT2D eigenvalue weighted by Gasteiger charge is -2.10. The van der Waals surface area contributed by atoms with Gasteiger partial charge in [0.25, 0.3) is 0 Å². The average molecular weight is 294 g/mol. The number of hydrogen-bond acceptors (Lipinski definition) is 5. The third-order valence-electron chi connectivity index (χ3n) is 2.91. The largest absolute Gasteiger partial charge is 0.384 e. The fourth-order valence-electron chi connectivity index (χ4n) is 1.85. The molecule has 1 aromatic heterocycles. The van der Waals surface area contributed by atoms with Gasteiger partial charge in [0.05, 0.1) is 16.3 Å². The SMILES string of the molecule is CCS(=O)(=O)c1ccccc1NCCc1ncn(C)n1. The molecule has 0 bridgehead atoms. The molecular formula is C13H18N4O2S. The molecule has 0 aliphatic heterocycles. The maximum atomic E-state index is 12.0. The average Bonchev–Trinajstić information content (AvgIpc) is 2.85. The lowest BCUT2D eigenvalue weighted by molar-refractivity contribution is 0.597. The summed E-state index contributed by atoms with van der Waals surface area (Å²) in [5.74, 6) is 0.823. The highest BCUT2D eigenvalue weighted by Gasteiger charge is 2.15. The van der Waals surface area contributed by atoms with Gasteiger partial charge in [-0.3, -0.25) is 4.68 Å². The maximum Gasteiger partial charge on any atom is 0.180 e. The van der Waals surface area contributed by atoms with Crippen molar-refractivity contribution in [3.05, 3.63) is 36.4 Å². The number of benzene rings is 1. The number of anilines is 1. The van der Waals surface area contributed by atoms with E-state index in [1.54, 1.807) is 36.1 Å². The second kappa shape index (κ2) is 6.04. The van der Waals surface area contributed by atoms with E-state index in [0.717, 1.165) is 5.82 Å². The molecule has 6 nitrogen and oxygen atoms in total. The monoisotopic (exact) mass is 294 g/mol. The van der Waals surface area contributed by atoms with Gasteiger partial charge in [-0.25, -0.2) is 13.4 Å². The van der Waals surface area contributed by atoms with Crippen LogP contribution in [0.4, 0.5) is 5.69 Å². The zero-order chi connectivity index (χ0) is 14.6. The van der Waals surface area contributed by atoms with Crippen molar-refractivity contribution in [3.63, 3.8) is 0 Å². The zero-order valence-corrected chi connectivity index (χ0v) is 12.4. The van der Waals surface area contributed by atoms with Crippen LogP contribution >= 0.6 is 0 Å². The smallest absolute Gasteiger partial charge is 0.180 e. The van der Waals surface area contributed by atoms with Crippen molar-refractivity contribution in [3.8, 4) is 0 Å². The quantitative estimate of drug-likeness (QED) is 0.868. The predicted octanol–water partition coefficient (Wildman–Crippen LogP) is 1.26. The molecule has 0 radical (unpaired) electrons. The normalized spacial score (nSPS) is 11.5. The molecule has 20 heavy (non-hydrogen) atoms. The Kier molecular flexibility index (Phi) is 4.39. The molecule has 0 aliphatic carbocycles. The summed E-state index contributed by atoms with van der Waals surface area (Å²) in [4.78, 5) is 4.47. The molecule has 2 rings (SSSR count). The van der Waals surface area contributed by atoms with Gasteiger partial charge in [0.15, 0.2) is 15.7 Å². The predicted molar refractivity (Wildman–Crippen MR) is 77.4 cm³/mol. The van der Waals surface area contributed by atoms with Crippen molar-refractivity contribution >= 4 is 15.5 Å². The van der Waals surface area contributed by atoms with Crippen LogP contribution in [0.15, 0.2) is 35.5 Å². The van der Waals surface area contributed by atoms with E-state index in [1.165, 1.54) is 0 Å². The summed E-state index contributed by atoms with van der Waals surface area (Å²) in [6, 6.07) is 6.94. The van der Waals surface area contributed by atoms with Crippen LogP contribution in [-0.4, -0.2) is 35.5 Å². The van der Waals surface area contributed by atoms with Crippen LogP contribution in [0.1, 0.15) is 12.7 Å². The fourth-order valence-corrected chi connectivity index (χ4v) is 2.92. The molecule has 0 atom stereocenters. The van der Waals surface area contributed by atoms with Crippen LogP contribution in [0.25, 0.3) is 0 Å². The molecule has 0 unspecified atom stereocenters. The molecule has 108 valence electrons. The van der Waals surface area contributed by atoms with Gasteiger partial charge in [-0.15, -0.1) is 0 Å². The highest BCUT2D eigenvalue weighted by Crippen LogP contribution is 2.21. The number of aromatic nitrogens is 3. The van der Waals surface area contributed by atoms with Gasteiger partial charge in [0.2, 0.25) is 0 Å². The van der Waals surface area contributed by atoms with E-state index in [2.05, 4.69) is 15.4 Å². The second-order valence-corrected chi connectivity index (χ2v) is 6.66. The number of para-hydroxylation sites is 1. The van der Waals surface area contributed by atoms with Crippen molar-refractivity contribution in [2.24, 2.45) is 7.05 Å². The van der Waals surface area contributed by atoms with Gasteiger partial charge in [-0.2, -0.15) is 5.10 Å². The molecule has 1 aromatic carbocycles. The van der Waals surface area contributed by atoms with E-state index in [1.807, 2.05) is 13.1 Å². The van der Waals surface area contributed by atoms with Gasteiger partial charge in [-0.1, -0.05) is 19.1 Å². The fraction of sp³-hybridized carbons (Fsp3) is 0.385. The minimum Gasteiger partial charge on any atom is -0.384 e. The molecule has 0 saturated carbocycles. The van der Waals surface area contributed by atoms with Crippen LogP contribution in [0.2, 0.25) is 0 Å². The van der Waals surface area contributed by atoms with E-state index in [0.29, 0.717) is 23.5 Å². The molecular weight excluding hydrogens is 276 g/mol. The van der Waals surface area contributed by atoms with Gasteiger partial charge in [-0.05, 0) is 12.1 Å². The third kappa shape index (κ3) is 3.36. The molecule has 0 fully saturated rings. The minimum absolute atomic E-state index is 0.0908. The first-order valence-corrected chi connectivity index (χ1v) is 8.08. The highest BCUT2D eigenvalue weighted by atomic mass is 32.2. The number of nitrogens with one attached hydrogen (secondary N) is 1. The van der Waals surface area contributed by atoms with Gasteiger partial charge in [0.1, 0.15) is 6.33 Å². The Morgan fingerprint density at radius 2 is 2.05 bits per heavy atom. The van der Waals surface area contributed by atoms with Gasteiger partial charge in [0, 0.05) is 20.0 Å². The Bertz CT molecular complexity index is 679. The van der Waals surface area contributed by atoms with Crippen molar-refractivity contribution < 1.29 is 8.42 Å². The number of rotatable bonds is 6. The van der Waals surface area contributed by atoms with Gasteiger partial charge < -0.3 is 5.32 Å². The first kappa shape index (κ1) is 14.5. The Hall–Kier alpha value is -1.89. The van der Waals surface area contributed by atoms with Crippen LogP contribution in [0.3, 0.4) is 0 Å². The molecule has 0 amide bonds. The topological polar surface area (TPSA) is 76.9 Å². The van der Waals surface area contributed by atoms with E-state index in [-0.39, 0.29) is 5.75 Å². The van der Waals surface area contributed by atoms with E-state index < -0.39 is 9.84 Å². The summed E-state index contributed by atoms with van der Waals surface area (Å²) in [5, 5.41) is 7.32. The molecule has 7 heteroatoms. The molecule has 1 N–H and O–H groups in total. The summed E-state index contributed by atoms with van der Waals surface area (Å²) in [5.41, 5.74) is 0.630. The molecule has 1 heterocycles. The molecule has 0 spiro atoms. The lowest BCUT2D eigenvalue weighted by atomic mass is 10.3. The first-order valence-electron chi connectivity index (χ1n) is 6.43. The number of sulfone groups is 1. The first-order chi connectivity index (χ1) is 9.53. The van der Waals surface area contributed by atoms with Crippen molar-refractivity contribution in [2.75, 3.05) is 17.6 Å². The van der Waals surface area contributed by atoms with E-state index in [4.69, 9.17) is 0 Å². The van der Waals surface area contributed by atoms with Crippen LogP contribution in [-0.2, 0) is 23.3 Å². The summed E-state index contributed by atoms with van der Waals surface area (Å²) in [6.45, 7) is 2.23. The number of nitrogens with zero attached hydrogens (tertiary/aromatic N) is 3. The highest BCUT2D eigenvalue weighted by molar-refractivity contribution is 7.91. The minimum atomic E-state index is -3.22. The van der Waals surface area contributed by atoms with Crippen molar-refractivity contribution in [1.82, 2.24) is 14.8 Å². The van der Waals surface area contributed by atoms with Crippen LogP contribution < -0.4 is 5.32 Å². The molecule has 0 aliphatic rings. The van der Waals surface area contributed by atoms with E-state index in [9.17, 15) is 8.42 Å². The van der Waals surface area contributed by atoms with E-state index >= 15 is 0 Å². The summed E-state index contributed by atoms with van der Waals surface area (Å²) < 4.78 is 25.6. The Morgan fingerprint density at radius 1 is 1.30 bits per heavy atom. The summed E-state index contributed by atoms with van der Waals surface area (Å²) in [7, 11) is -1.41. The zero-order valence-electron chi connectivity index (χ0n) is 11.6. The van der Waals surface area contributed by atoms with Crippen molar-refractivity contribution in [1.29, 1.82) is 0 Å². The Labute approximate surface area is 118 Å². The third-order valence-corrected chi connectivity index (χ3v) is 4.70. The number of hydrogen-bond donors (Lipinski definition) is 1. The standard InChI is InChI=1S/C13H18N4O2S/c1-3-20(18,19)12-7-5-4-6-11(12)14-9-8-13-15-10-17(2)16-13/h4-7,10,14H,3,8-9H2,1-2H3. The summed E-state index contributed by atoms with van der Waals surface area (Å²) in [6.07, 6.45) is 2.28. The summed E-state index contributed by atoms with van der Waals surface area (Å²) >= 11 is 0. The molecule has 0 saturated heterocycles. The Morgan fingerprint density at radius 3 is 2.70 bits per heavy atom. The lowest BCUT2D eigenvalue weighted by Crippen LogP contribution is -2.11. The second-order valence-electron chi connectivity index (χ2n) is 4.41. The van der Waals surface area contributed by atoms with Gasteiger partial charge >= 0.3 is 0 Å². The van der Waals surface area contributed by atoms with Crippen LogP contribution in [0, 0.1) is 0 Å². The number of aryl methyl sites for hydroxylation is 1. The Balaban J connectivity index is 2.06. The van der Waals surface area contributed by atoms with Crippen LogP contribution in [0.5, 0.6) is 0 Å². The maximum absolute atomic E-state index is 12.0. The molecule has 2 aromatic rings. The van der Waals surface area contributed by atoms with Crippen molar-refractivity contribution in [2.45, 2.75) is 18.2 Å².